The van der Waals surface area contributed by atoms with Crippen LogP contribution in [-0.2, 0) is 5.75 Å². The summed E-state index contributed by atoms with van der Waals surface area (Å²) in [6, 6.07) is 9.90. The maximum Gasteiger partial charge on any atom is 0.277 e. The van der Waals surface area contributed by atoms with Crippen LogP contribution >= 0.6 is 23.1 Å². The first-order chi connectivity index (χ1) is 11.8. The molecule has 6 nitrogen and oxygen atoms in total. The zero-order valence-corrected chi connectivity index (χ0v) is 14.3. The molecule has 0 N–H and O–H groups in total. The molecule has 0 atom stereocenters. The van der Waals surface area contributed by atoms with Crippen molar-refractivity contribution in [3.8, 4) is 22.8 Å². The van der Waals surface area contributed by atoms with Crippen LogP contribution < -0.4 is 0 Å². The molecule has 24 heavy (non-hydrogen) atoms. The molecular weight excluding hydrogens is 344 g/mol. The summed E-state index contributed by atoms with van der Waals surface area (Å²) < 4.78 is 10.9. The number of hydrogen-bond donors (Lipinski definition) is 0. The Morgan fingerprint density at radius 2 is 2.12 bits per heavy atom. The van der Waals surface area contributed by atoms with Crippen LogP contribution in [0.4, 0.5) is 0 Å². The molecule has 0 radical (unpaired) electrons. The number of hydrogen-bond acceptors (Lipinski definition) is 8. The standard InChI is InChI=1S/C16H12N4O2S2/c1-10-3-2-4-11(7-10)15-18-19-16(21-15)24-9-13-17-14(20-22-13)12-5-6-23-8-12/h2-8H,9H2,1H3. The van der Waals surface area contributed by atoms with Crippen LogP contribution in [0.25, 0.3) is 22.8 Å². The number of benzene rings is 1. The van der Waals surface area contributed by atoms with E-state index in [2.05, 4.69) is 20.3 Å². The SMILES string of the molecule is Cc1cccc(-c2nnc(SCc3nc(-c4ccsc4)no3)o2)c1. The molecule has 3 aromatic heterocycles. The normalized spacial score (nSPS) is 11.0. The van der Waals surface area contributed by atoms with Gasteiger partial charge in [-0.2, -0.15) is 16.3 Å². The van der Waals surface area contributed by atoms with Crippen LogP contribution in [0.1, 0.15) is 11.5 Å². The molecule has 120 valence electrons. The van der Waals surface area contributed by atoms with E-state index in [4.69, 9.17) is 8.94 Å². The Morgan fingerprint density at radius 1 is 1.17 bits per heavy atom. The molecule has 8 heteroatoms. The third-order valence-corrected chi connectivity index (χ3v) is 4.72. The van der Waals surface area contributed by atoms with Crippen molar-refractivity contribution in [2.75, 3.05) is 0 Å². The van der Waals surface area contributed by atoms with Gasteiger partial charge in [0, 0.05) is 16.5 Å². The minimum absolute atomic E-state index is 0.474. The summed E-state index contributed by atoms with van der Waals surface area (Å²) in [5, 5.41) is 16.5. The Balaban J connectivity index is 1.43. The summed E-state index contributed by atoms with van der Waals surface area (Å²) in [6.07, 6.45) is 0. The van der Waals surface area contributed by atoms with Crippen molar-refractivity contribution < 1.29 is 8.94 Å². The van der Waals surface area contributed by atoms with Crippen LogP contribution in [0.2, 0.25) is 0 Å². The van der Waals surface area contributed by atoms with Gasteiger partial charge in [-0.3, -0.25) is 0 Å². The molecule has 0 aliphatic heterocycles. The van der Waals surface area contributed by atoms with E-state index in [1.807, 2.05) is 48.0 Å². The third-order valence-electron chi connectivity index (χ3n) is 3.24. The second-order valence-electron chi connectivity index (χ2n) is 5.06. The van der Waals surface area contributed by atoms with Crippen LogP contribution in [0.15, 0.2) is 55.3 Å². The molecular formula is C16H12N4O2S2. The highest BCUT2D eigenvalue weighted by Crippen LogP contribution is 2.26. The molecule has 0 saturated carbocycles. The first kappa shape index (κ1) is 15.1. The monoisotopic (exact) mass is 356 g/mol. The van der Waals surface area contributed by atoms with Gasteiger partial charge in [0.15, 0.2) is 0 Å². The molecule has 0 aliphatic rings. The summed E-state index contributed by atoms with van der Waals surface area (Å²) in [7, 11) is 0. The van der Waals surface area contributed by atoms with E-state index in [9.17, 15) is 0 Å². The van der Waals surface area contributed by atoms with Gasteiger partial charge in [0.2, 0.25) is 17.6 Å². The molecule has 4 rings (SSSR count). The first-order valence-corrected chi connectivity index (χ1v) is 9.09. The fraction of sp³-hybridized carbons (Fsp3) is 0.125. The van der Waals surface area contributed by atoms with Crippen LogP contribution in [0.5, 0.6) is 0 Å². The predicted octanol–water partition coefficient (Wildman–Crippen LogP) is 4.45. The van der Waals surface area contributed by atoms with E-state index in [1.165, 1.54) is 11.8 Å². The quantitative estimate of drug-likeness (QED) is 0.489. The lowest BCUT2D eigenvalue weighted by Gasteiger charge is -1.95. The molecule has 0 bridgehead atoms. The van der Waals surface area contributed by atoms with E-state index >= 15 is 0 Å². The third kappa shape index (κ3) is 3.24. The summed E-state index contributed by atoms with van der Waals surface area (Å²) >= 11 is 2.97. The smallest absolute Gasteiger partial charge is 0.277 e. The Bertz CT molecular complexity index is 947. The van der Waals surface area contributed by atoms with E-state index in [-0.39, 0.29) is 0 Å². The molecule has 0 unspecified atom stereocenters. The molecule has 3 heterocycles. The highest BCUT2D eigenvalue weighted by atomic mass is 32.2. The van der Waals surface area contributed by atoms with E-state index in [0.29, 0.717) is 28.6 Å². The molecule has 1 aromatic carbocycles. The minimum atomic E-state index is 0.474. The predicted molar refractivity (Wildman–Crippen MR) is 91.6 cm³/mol. The van der Waals surface area contributed by atoms with Gasteiger partial charge in [0.05, 0.1) is 5.75 Å². The average molecular weight is 356 g/mol. The molecule has 0 spiro atoms. The lowest BCUT2D eigenvalue weighted by atomic mass is 10.1. The fourth-order valence-corrected chi connectivity index (χ4v) is 3.34. The van der Waals surface area contributed by atoms with E-state index in [0.717, 1.165) is 16.7 Å². The van der Waals surface area contributed by atoms with Crippen molar-refractivity contribution in [1.29, 1.82) is 0 Å². The fourth-order valence-electron chi connectivity index (χ4n) is 2.11. The number of aryl methyl sites for hydroxylation is 1. The molecule has 0 saturated heterocycles. The summed E-state index contributed by atoms with van der Waals surface area (Å²) in [5.41, 5.74) is 3.01. The second-order valence-corrected chi connectivity index (χ2v) is 6.76. The van der Waals surface area contributed by atoms with Crippen molar-refractivity contribution in [3.63, 3.8) is 0 Å². The van der Waals surface area contributed by atoms with Gasteiger partial charge < -0.3 is 8.94 Å². The van der Waals surface area contributed by atoms with Crippen LogP contribution in [0, 0.1) is 6.92 Å². The van der Waals surface area contributed by atoms with Gasteiger partial charge in [-0.1, -0.05) is 34.6 Å². The van der Waals surface area contributed by atoms with Gasteiger partial charge in [-0.15, -0.1) is 10.2 Å². The van der Waals surface area contributed by atoms with Crippen molar-refractivity contribution in [1.82, 2.24) is 20.3 Å². The number of aromatic nitrogens is 4. The topological polar surface area (TPSA) is 77.8 Å². The van der Waals surface area contributed by atoms with E-state index < -0.39 is 0 Å². The first-order valence-electron chi connectivity index (χ1n) is 7.16. The highest BCUT2D eigenvalue weighted by molar-refractivity contribution is 7.98. The largest absolute Gasteiger partial charge is 0.411 e. The number of thioether (sulfide) groups is 1. The number of nitrogens with zero attached hydrogens (tertiary/aromatic N) is 4. The molecule has 0 fully saturated rings. The van der Waals surface area contributed by atoms with Crippen molar-refractivity contribution in [2.45, 2.75) is 17.9 Å². The Labute approximate surface area is 145 Å². The summed E-state index contributed by atoms with van der Waals surface area (Å²) in [4.78, 5) is 4.36. The molecule has 0 amide bonds. The second kappa shape index (κ2) is 6.58. The van der Waals surface area contributed by atoms with E-state index in [1.54, 1.807) is 11.3 Å². The zero-order valence-electron chi connectivity index (χ0n) is 12.7. The Morgan fingerprint density at radius 3 is 2.96 bits per heavy atom. The van der Waals surface area contributed by atoms with Crippen LogP contribution in [0.3, 0.4) is 0 Å². The van der Waals surface area contributed by atoms with Crippen molar-refractivity contribution >= 4 is 23.1 Å². The van der Waals surface area contributed by atoms with Crippen LogP contribution in [-0.4, -0.2) is 20.3 Å². The molecule has 0 aliphatic carbocycles. The minimum Gasteiger partial charge on any atom is -0.411 e. The van der Waals surface area contributed by atoms with Crippen molar-refractivity contribution in [2.24, 2.45) is 0 Å². The summed E-state index contributed by atoms with van der Waals surface area (Å²) in [6.45, 7) is 2.02. The van der Waals surface area contributed by atoms with Gasteiger partial charge >= 0.3 is 0 Å². The Hall–Kier alpha value is -2.45. The average Bonchev–Trinajstić information content (AvgIpc) is 3.33. The summed E-state index contributed by atoms with van der Waals surface area (Å²) in [5.74, 6) is 2.10. The number of rotatable bonds is 5. The number of thiophene rings is 1. The lowest BCUT2D eigenvalue weighted by Crippen LogP contribution is -1.81. The zero-order chi connectivity index (χ0) is 16.4. The van der Waals surface area contributed by atoms with Gasteiger partial charge in [-0.05, 0) is 30.5 Å². The van der Waals surface area contributed by atoms with Gasteiger partial charge in [0.25, 0.3) is 5.22 Å². The lowest BCUT2D eigenvalue weighted by molar-refractivity contribution is 0.391. The Kier molecular flexibility index (Phi) is 4.14. The molecule has 4 aromatic rings. The van der Waals surface area contributed by atoms with Gasteiger partial charge in [-0.25, -0.2) is 0 Å². The highest BCUT2D eigenvalue weighted by Gasteiger charge is 2.13. The maximum atomic E-state index is 5.68. The maximum absolute atomic E-state index is 5.68. The van der Waals surface area contributed by atoms with Gasteiger partial charge in [0.1, 0.15) is 0 Å². The van der Waals surface area contributed by atoms with Crippen molar-refractivity contribution in [3.05, 3.63) is 52.5 Å².